The van der Waals surface area contributed by atoms with E-state index in [4.69, 9.17) is 28.3 Å². The van der Waals surface area contributed by atoms with Crippen LogP contribution >= 0.6 is 34.5 Å². The zero-order valence-corrected chi connectivity index (χ0v) is 15.5. The third-order valence-electron chi connectivity index (χ3n) is 4.16. The van der Waals surface area contributed by atoms with Crippen LogP contribution in [0.15, 0.2) is 29.0 Å². The number of amides is 1. The van der Waals surface area contributed by atoms with Crippen molar-refractivity contribution in [1.29, 1.82) is 0 Å². The van der Waals surface area contributed by atoms with Crippen LogP contribution in [0.3, 0.4) is 0 Å². The van der Waals surface area contributed by atoms with E-state index in [9.17, 15) is 9.59 Å². The molecule has 0 spiro atoms. The predicted octanol–water partition coefficient (Wildman–Crippen LogP) is 4.15. The Hall–Kier alpha value is -1.76. The Morgan fingerprint density at radius 3 is 2.68 bits per heavy atom. The lowest BCUT2D eigenvalue weighted by Gasteiger charge is -2.35. The summed E-state index contributed by atoms with van der Waals surface area (Å²) in [7, 11) is 0. The van der Waals surface area contributed by atoms with Gasteiger partial charge >= 0.3 is 5.97 Å². The lowest BCUT2D eigenvalue weighted by Crippen LogP contribution is -2.48. The number of carboxylic acid groups (broad SMARTS) is 1. The number of carboxylic acids is 1. The lowest BCUT2D eigenvalue weighted by atomic mass is 10.0. The molecule has 1 atom stereocenters. The number of thiophene rings is 1. The van der Waals surface area contributed by atoms with Crippen molar-refractivity contribution in [3.05, 3.63) is 50.1 Å². The van der Waals surface area contributed by atoms with Crippen molar-refractivity contribution in [2.24, 2.45) is 0 Å². The minimum absolute atomic E-state index is 0.0413. The predicted molar refractivity (Wildman–Crippen MR) is 100 cm³/mol. The Morgan fingerprint density at radius 1 is 1.20 bits per heavy atom. The van der Waals surface area contributed by atoms with E-state index >= 15 is 0 Å². The van der Waals surface area contributed by atoms with Crippen LogP contribution in [0.2, 0.25) is 10.0 Å². The summed E-state index contributed by atoms with van der Waals surface area (Å²) in [5.74, 6) is -1.44. The van der Waals surface area contributed by atoms with E-state index in [1.54, 1.807) is 11.4 Å². The number of hydrogen-bond acceptors (Lipinski definition) is 4. The Kier molecular flexibility index (Phi) is 5.51. The Balaban J connectivity index is 1.69. The second-order valence-electron chi connectivity index (χ2n) is 5.86. The van der Waals surface area contributed by atoms with Gasteiger partial charge in [0.1, 0.15) is 0 Å². The second-order valence-corrected chi connectivity index (χ2v) is 7.42. The van der Waals surface area contributed by atoms with Gasteiger partial charge in [-0.25, -0.2) is 4.79 Å². The van der Waals surface area contributed by atoms with Crippen molar-refractivity contribution < 1.29 is 14.7 Å². The van der Waals surface area contributed by atoms with Gasteiger partial charge in [-0.15, -0.1) is 0 Å². The molecule has 1 unspecified atom stereocenters. The molecule has 2 heterocycles. The molecule has 25 heavy (non-hydrogen) atoms. The number of nitrogens with one attached hydrogen (secondary N) is 1. The first kappa shape index (κ1) is 18.0. The van der Waals surface area contributed by atoms with E-state index in [0.717, 1.165) is 25.1 Å². The number of hydrogen-bond donors (Lipinski definition) is 2. The second kappa shape index (κ2) is 7.64. The molecule has 1 saturated heterocycles. The first-order chi connectivity index (χ1) is 12.0. The van der Waals surface area contributed by atoms with Crippen LogP contribution in [-0.4, -0.2) is 36.1 Å². The fourth-order valence-corrected chi connectivity index (χ4v) is 4.01. The molecule has 8 heteroatoms. The molecule has 1 aliphatic heterocycles. The molecular formula is C17H16Cl2N2O3S. The average Bonchev–Trinajstić information content (AvgIpc) is 3.08. The van der Waals surface area contributed by atoms with Crippen LogP contribution in [0.4, 0.5) is 5.69 Å². The van der Waals surface area contributed by atoms with E-state index < -0.39 is 5.97 Å². The smallest absolute Gasteiger partial charge is 0.337 e. The fraction of sp³-hybridized carbons (Fsp3) is 0.294. The molecular weight excluding hydrogens is 383 g/mol. The molecule has 5 nitrogen and oxygen atoms in total. The molecule has 1 aromatic heterocycles. The molecule has 0 aliphatic carbocycles. The quantitative estimate of drug-likeness (QED) is 0.811. The molecule has 0 saturated carbocycles. The highest BCUT2D eigenvalue weighted by Crippen LogP contribution is 2.29. The SMILES string of the molecule is O=C(O)c1cscc1C(=O)NC1CCCN(c2ccc(Cl)c(Cl)c2)C1. The third-order valence-corrected chi connectivity index (χ3v) is 5.64. The topological polar surface area (TPSA) is 69.6 Å². The number of carbonyl (C=O) groups excluding carboxylic acids is 1. The van der Waals surface area contributed by atoms with Gasteiger partial charge in [0.15, 0.2) is 0 Å². The summed E-state index contributed by atoms with van der Waals surface area (Å²) in [6.07, 6.45) is 1.76. The maximum atomic E-state index is 12.4. The molecule has 1 fully saturated rings. The summed E-state index contributed by atoms with van der Waals surface area (Å²) in [6, 6.07) is 5.42. The Labute approximate surface area is 159 Å². The van der Waals surface area contributed by atoms with E-state index in [-0.39, 0.29) is 23.1 Å². The normalized spacial score (nSPS) is 17.4. The minimum Gasteiger partial charge on any atom is -0.478 e. The van der Waals surface area contributed by atoms with E-state index in [1.165, 1.54) is 16.7 Å². The monoisotopic (exact) mass is 398 g/mol. The summed E-state index contributed by atoms with van der Waals surface area (Å²) in [5, 5.41) is 16.1. The molecule has 132 valence electrons. The fourth-order valence-electron chi connectivity index (χ4n) is 2.91. The van der Waals surface area contributed by atoms with Crippen LogP contribution in [0, 0.1) is 0 Å². The van der Waals surface area contributed by atoms with Gasteiger partial charge in [0, 0.05) is 35.6 Å². The highest BCUT2D eigenvalue weighted by atomic mass is 35.5. The standard InChI is InChI=1S/C17H16Cl2N2O3S/c18-14-4-3-11(6-15(14)19)21-5-1-2-10(7-21)20-16(22)12-8-25-9-13(12)17(23)24/h3-4,6,8-10H,1-2,5,7H2,(H,20,22)(H,23,24). The number of nitrogens with zero attached hydrogens (tertiary/aromatic N) is 1. The maximum absolute atomic E-state index is 12.4. The van der Waals surface area contributed by atoms with Gasteiger partial charge in [-0.3, -0.25) is 4.79 Å². The number of carbonyl (C=O) groups is 2. The number of aromatic carboxylic acids is 1. The van der Waals surface area contributed by atoms with Gasteiger partial charge in [-0.1, -0.05) is 23.2 Å². The zero-order chi connectivity index (χ0) is 18.0. The van der Waals surface area contributed by atoms with Gasteiger partial charge in [0.25, 0.3) is 5.91 Å². The lowest BCUT2D eigenvalue weighted by molar-refractivity contribution is 0.0691. The summed E-state index contributed by atoms with van der Waals surface area (Å²) in [4.78, 5) is 25.7. The largest absolute Gasteiger partial charge is 0.478 e. The van der Waals surface area contributed by atoms with Crippen molar-refractivity contribution in [2.75, 3.05) is 18.0 Å². The van der Waals surface area contributed by atoms with Gasteiger partial charge in [0.2, 0.25) is 0 Å². The number of anilines is 1. The average molecular weight is 399 g/mol. The molecule has 0 radical (unpaired) electrons. The van der Waals surface area contributed by atoms with Gasteiger partial charge < -0.3 is 15.3 Å². The van der Waals surface area contributed by atoms with Crippen LogP contribution < -0.4 is 10.2 Å². The van der Waals surface area contributed by atoms with Crippen LogP contribution in [-0.2, 0) is 0 Å². The number of piperidine rings is 1. The molecule has 1 amide bonds. The van der Waals surface area contributed by atoms with Gasteiger partial charge in [0.05, 0.1) is 21.2 Å². The molecule has 1 aliphatic rings. The molecule has 3 rings (SSSR count). The van der Waals surface area contributed by atoms with Crippen molar-refractivity contribution in [2.45, 2.75) is 18.9 Å². The molecule has 2 aromatic rings. The first-order valence-corrected chi connectivity index (χ1v) is 9.46. The first-order valence-electron chi connectivity index (χ1n) is 7.76. The van der Waals surface area contributed by atoms with E-state index in [0.29, 0.717) is 16.6 Å². The third kappa shape index (κ3) is 4.08. The van der Waals surface area contributed by atoms with Crippen molar-refractivity contribution in [3.63, 3.8) is 0 Å². The minimum atomic E-state index is -1.09. The molecule has 0 bridgehead atoms. The number of halogens is 2. The van der Waals surface area contributed by atoms with Crippen LogP contribution in [0.1, 0.15) is 33.6 Å². The van der Waals surface area contributed by atoms with Gasteiger partial charge in [-0.05, 0) is 31.0 Å². The maximum Gasteiger partial charge on any atom is 0.337 e. The van der Waals surface area contributed by atoms with Crippen molar-refractivity contribution >= 4 is 52.1 Å². The Morgan fingerprint density at radius 2 is 1.96 bits per heavy atom. The van der Waals surface area contributed by atoms with Crippen LogP contribution in [0.25, 0.3) is 0 Å². The van der Waals surface area contributed by atoms with Gasteiger partial charge in [-0.2, -0.15) is 11.3 Å². The highest BCUT2D eigenvalue weighted by molar-refractivity contribution is 7.08. The summed E-state index contributed by atoms with van der Waals surface area (Å²) < 4.78 is 0. The highest BCUT2D eigenvalue weighted by Gasteiger charge is 2.25. The summed E-state index contributed by atoms with van der Waals surface area (Å²) in [5.41, 5.74) is 1.21. The number of benzene rings is 1. The zero-order valence-electron chi connectivity index (χ0n) is 13.2. The van der Waals surface area contributed by atoms with Crippen molar-refractivity contribution in [1.82, 2.24) is 5.32 Å². The number of rotatable bonds is 4. The summed E-state index contributed by atoms with van der Waals surface area (Å²) in [6.45, 7) is 1.50. The van der Waals surface area contributed by atoms with Crippen molar-refractivity contribution in [3.8, 4) is 0 Å². The molecule has 1 aromatic carbocycles. The van der Waals surface area contributed by atoms with E-state index in [2.05, 4.69) is 10.2 Å². The van der Waals surface area contributed by atoms with Crippen LogP contribution in [0.5, 0.6) is 0 Å². The summed E-state index contributed by atoms with van der Waals surface area (Å²) >= 11 is 13.3. The van der Waals surface area contributed by atoms with E-state index in [1.807, 2.05) is 12.1 Å². The Bertz CT molecular complexity index is 809. The molecule has 2 N–H and O–H groups in total.